The molecule has 1 N–H and O–H groups in total. The smallest absolute Gasteiger partial charge is 0.308 e. The first-order valence-corrected chi connectivity index (χ1v) is 10.8. The zero-order valence-corrected chi connectivity index (χ0v) is 19.6. The van der Waals surface area contributed by atoms with Crippen LogP contribution in [0.2, 0.25) is 5.02 Å². The van der Waals surface area contributed by atoms with E-state index in [9.17, 15) is 24.0 Å². The molecule has 3 aromatic rings. The molecule has 3 aromatic carbocycles. The Morgan fingerprint density at radius 1 is 0.800 bits per heavy atom. The number of anilines is 1. The molecule has 0 fully saturated rings. The highest BCUT2D eigenvalue weighted by Gasteiger charge is 2.36. The van der Waals surface area contributed by atoms with Crippen molar-refractivity contribution in [2.24, 2.45) is 0 Å². The molecule has 0 heterocycles. The van der Waals surface area contributed by atoms with Crippen LogP contribution in [-0.4, -0.2) is 29.4 Å². The van der Waals surface area contributed by atoms with Gasteiger partial charge in [0.15, 0.2) is 5.78 Å². The number of ether oxygens (including phenoxy) is 2. The van der Waals surface area contributed by atoms with Gasteiger partial charge < -0.3 is 14.8 Å². The molecule has 4 rings (SSSR count). The highest BCUT2D eigenvalue weighted by atomic mass is 35.5. The van der Waals surface area contributed by atoms with Gasteiger partial charge >= 0.3 is 11.9 Å². The summed E-state index contributed by atoms with van der Waals surface area (Å²) in [5.74, 6) is -3.66. The van der Waals surface area contributed by atoms with Crippen LogP contribution in [-0.2, 0) is 9.59 Å². The van der Waals surface area contributed by atoms with E-state index in [0.29, 0.717) is 10.7 Å². The van der Waals surface area contributed by atoms with Crippen LogP contribution in [0.1, 0.15) is 61.6 Å². The van der Waals surface area contributed by atoms with Crippen molar-refractivity contribution < 1.29 is 33.4 Å². The molecule has 35 heavy (non-hydrogen) atoms. The molecular formula is C26H18ClNO7. The summed E-state index contributed by atoms with van der Waals surface area (Å²) in [6.45, 7) is 4.11. The topological polar surface area (TPSA) is 116 Å². The molecule has 0 saturated carbocycles. The summed E-state index contributed by atoms with van der Waals surface area (Å²) in [4.78, 5) is 63.1. The highest BCUT2D eigenvalue weighted by Crippen LogP contribution is 2.38. The second kappa shape index (κ2) is 9.15. The molecular weight excluding hydrogens is 474 g/mol. The van der Waals surface area contributed by atoms with Gasteiger partial charge in [-0.2, -0.15) is 0 Å². The van der Waals surface area contributed by atoms with Gasteiger partial charge in [-0.3, -0.25) is 24.0 Å². The third-order valence-corrected chi connectivity index (χ3v) is 5.68. The molecule has 0 bridgehead atoms. The van der Waals surface area contributed by atoms with Crippen molar-refractivity contribution in [1.82, 2.24) is 0 Å². The lowest BCUT2D eigenvalue weighted by Gasteiger charge is -2.22. The number of carbonyl (C=O) groups excluding carboxylic acids is 5. The number of carbonyl (C=O) groups is 5. The van der Waals surface area contributed by atoms with Crippen LogP contribution in [0.15, 0.2) is 48.5 Å². The highest BCUT2D eigenvalue weighted by molar-refractivity contribution is 6.32. The Balaban J connectivity index is 1.83. The first-order chi connectivity index (χ1) is 16.6. The normalized spacial score (nSPS) is 11.9. The van der Waals surface area contributed by atoms with E-state index >= 15 is 0 Å². The van der Waals surface area contributed by atoms with Crippen LogP contribution in [0, 0.1) is 6.92 Å². The first kappa shape index (κ1) is 23.8. The fourth-order valence-corrected chi connectivity index (χ4v) is 3.91. The fourth-order valence-electron chi connectivity index (χ4n) is 3.73. The standard InChI is InChI=1S/C26H18ClNO7/c1-12-7-8-16(11-19(12)27)28-26(33)15-9-18-23(21(10-15)35-14(3)30)25(32)22-17(24(18)31)5-4-6-20(22)34-13(2)29/h4-11H,1-3H3,(H,28,33). The van der Waals surface area contributed by atoms with Gasteiger partial charge in [-0.1, -0.05) is 29.8 Å². The van der Waals surface area contributed by atoms with Crippen LogP contribution in [0.3, 0.4) is 0 Å². The zero-order chi connectivity index (χ0) is 25.4. The number of halogens is 1. The Hall–Kier alpha value is -4.30. The molecule has 0 spiro atoms. The third-order valence-electron chi connectivity index (χ3n) is 5.27. The Morgan fingerprint density at radius 2 is 1.46 bits per heavy atom. The minimum absolute atomic E-state index is 0.00194. The average molecular weight is 492 g/mol. The van der Waals surface area contributed by atoms with Gasteiger partial charge in [0, 0.05) is 41.2 Å². The van der Waals surface area contributed by atoms with Crippen molar-refractivity contribution in [2.45, 2.75) is 20.8 Å². The van der Waals surface area contributed by atoms with E-state index in [4.69, 9.17) is 21.1 Å². The molecule has 1 amide bonds. The Bertz CT molecular complexity index is 1460. The summed E-state index contributed by atoms with van der Waals surface area (Å²) in [5, 5.41) is 3.13. The SMILES string of the molecule is CC(=O)Oc1cccc2c1C(=O)c1c(OC(C)=O)cc(C(=O)Nc3ccc(C)c(Cl)c3)cc1C2=O. The van der Waals surface area contributed by atoms with Gasteiger partial charge in [-0.05, 0) is 42.8 Å². The first-order valence-electron chi connectivity index (χ1n) is 10.4. The van der Waals surface area contributed by atoms with Crippen LogP contribution in [0.25, 0.3) is 0 Å². The summed E-state index contributed by atoms with van der Waals surface area (Å²) in [7, 11) is 0. The molecule has 9 heteroatoms. The number of benzene rings is 3. The quantitative estimate of drug-likeness (QED) is 0.329. The van der Waals surface area contributed by atoms with Gasteiger partial charge in [-0.15, -0.1) is 0 Å². The Kier molecular flexibility index (Phi) is 6.24. The maximum atomic E-state index is 13.4. The van der Waals surface area contributed by atoms with E-state index in [2.05, 4.69) is 5.32 Å². The third kappa shape index (κ3) is 4.56. The van der Waals surface area contributed by atoms with Crippen LogP contribution >= 0.6 is 11.6 Å². The van der Waals surface area contributed by atoms with Crippen molar-refractivity contribution in [2.75, 3.05) is 5.32 Å². The van der Waals surface area contributed by atoms with Crippen molar-refractivity contribution in [1.29, 1.82) is 0 Å². The number of nitrogens with one attached hydrogen (secondary N) is 1. The number of rotatable bonds is 4. The van der Waals surface area contributed by atoms with E-state index in [1.807, 2.05) is 6.92 Å². The Morgan fingerprint density at radius 3 is 2.11 bits per heavy atom. The van der Waals surface area contributed by atoms with Crippen molar-refractivity contribution in [3.8, 4) is 11.5 Å². The lowest BCUT2D eigenvalue weighted by atomic mass is 9.82. The van der Waals surface area contributed by atoms with Gasteiger partial charge in [0.05, 0.1) is 11.1 Å². The zero-order valence-electron chi connectivity index (χ0n) is 18.9. The second-order valence-electron chi connectivity index (χ2n) is 7.84. The number of aryl methyl sites for hydroxylation is 1. The molecule has 0 aliphatic heterocycles. The van der Waals surface area contributed by atoms with E-state index in [1.54, 1.807) is 18.2 Å². The predicted molar refractivity (Wildman–Crippen MR) is 127 cm³/mol. The molecule has 8 nitrogen and oxygen atoms in total. The van der Waals surface area contributed by atoms with Crippen molar-refractivity contribution >= 4 is 46.7 Å². The summed E-state index contributed by atoms with van der Waals surface area (Å²) in [6, 6.07) is 11.7. The summed E-state index contributed by atoms with van der Waals surface area (Å²) >= 11 is 6.13. The summed E-state index contributed by atoms with van der Waals surface area (Å²) in [5.41, 5.74) is 0.776. The molecule has 0 saturated heterocycles. The van der Waals surface area contributed by atoms with E-state index in [0.717, 1.165) is 12.5 Å². The van der Waals surface area contributed by atoms with Crippen LogP contribution in [0.4, 0.5) is 5.69 Å². The maximum absolute atomic E-state index is 13.4. The van der Waals surface area contributed by atoms with Gasteiger partial charge in [-0.25, -0.2) is 0 Å². The number of amides is 1. The minimum Gasteiger partial charge on any atom is -0.426 e. The monoisotopic (exact) mass is 491 g/mol. The molecule has 0 aromatic heterocycles. The number of hydrogen-bond acceptors (Lipinski definition) is 7. The van der Waals surface area contributed by atoms with Gasteiger partial charge in [0.1, 0.15) is 11.5 Å². The van der Waals surface area contributed by atoms with E-state index < -0.39 is 29.4 Å². The fraction of sp³-hybridized carbons (Fsp3) is 0.115. The number of hydrogen-bond donors (Lipinski definition) is 1. The molecule has 0 radical (unpaired) electrons. The van der Waals surface area contributed by atoms with Crippen LogP contribution < -0.4 is 14.8 Å². The van der Waals surface area contributed by atoms with Crippen LogP contribution in [0.5, 0.6) is 11.5 Å². The van der Waals surface area contributed by atoms with E-state index in [1.165, 1.54) is 37.3 Å². The van der Waals surface area contributed by atoms with Gasteiger partial charge in [0.2, 0.25) is 5.78 Å². The van der Waals surface area contributed by atoms with Crippen molar-refractivity contribution in [3.63, 3.8) is 0 Å². The summed E-state index contributed by atoms with van der Waals surface area (Å²) < 4.78 is 10.3. The molecule has 176 valence electrons. The maximum Gasteiger partial charge on any atom is 0.308 e. The predicted octanol–water partition coefficient (Wildman–Crippen LogP) is 4.53. The summed E-state index contributed by atoms with van der Waals surface area (Å²) in [6.07, 6.45) is 0. The number of esters is 2. The molecule has 1 aliphatic rings. The minimum atomic E-state index is -0.755. The lowest BCUT2D eigenvalue weighted by Crippen LogP contribution is -2.25. The number of ketones is 2. The average Bonchev–Trinajstić information content (AvgIpc) is 2.78. The lowest BCUT2D eigenvalue weighted by molar-refractivity contribution is -0.132. The molecule has 1 aliphatic carbocycles. The largest absolute Gasteiger partial charge is 0.426 e. The Labute approximate surface area is 204 Å². The molecule has 0 atom stereocenters. The second-order valence-corrected chi connectivity index (χ2v) is 8.25. The van der Waals surface area contributed by atoms with E-state index in [-0.39, 0.29) is 39.3 Å². The van der Waals surface area contributed by atoms with Crippen molar-refractivity contribution in [3.05, 3.63) is 86.9 Å². The van der Waals surface area contributed by atoms with Gasteiger partial charge in [0.25, 0.3) is 5.91 Å². The molecule has 0 unspecified atom stereocenters. The number of fused-ring (bicyclic) bond motifs is 2.